The number of halogens is 1. The van der Waals surface area contributed by atoms with Crippen LogP contribution in [0.15, 0.2) is 72.9 Å². The Bertz CT molecular complexity index is 1140. The molecule has 1 aromatic heterocycles. The maximum Gasteiger partial charge on any atom is 0.256 e. The molecule has 8 heteroatoms. The molecule has 6 nitrogen and oxygen atoms in total. The number of pyridine rings is 1. The Morgan fingerprint density at radius 3 is 2.47 bits per heavy atom. The molecule has 162 valence electrons. The number of hydrogen-bond donors (Lipinski definition) is 1. The first-order valence-electron chi connectivity index (χ1n) is 10.1. The number of nitrogens with one attached hydrogen (secondary N) is 1. The number of aromatic nitrogens is 1. The van der Waals surface area contributed by atoms with E-state index < -0.39 is 11.9 Å². The van der Waals surface area contributed by atoms with Crippen LogP contribution >= 0.6 is 12.2 Å². The van der Waals surface area contributed by atoms with Gasteiger partial charge in [-0.2, -0.15) is 0 Å². The smallest absolute Gasteiger partial charge is 0.256 e. The molecule has 0 saturated carbocycles. The SMILES string of the molecule is Cc1ccc(N2C(=O)[C@@H](CC(=O)Nc3ccc(F)cc3)N(Cc3ccccn3)C2=S)cc1. The van der Waals surface area contributed by atoms with Crippen LogP contribution in [0.1, 0.15) is 17.7 Å². The third kappa shape index (κ3) is 4.65. The quantitative estimate of drug-likeness (QED) is 0.576. The minimum atomic E-state index is -0.786. The van der Waals surface area contributed by atoms with Gasteiger partial charge in [-0.05, 0) is 67.7 Å². The molecule has 0 bridgehead atoms. The van der Waals surface area contributed by atoms with Gasteiger partial charge in [0, 0.05) is 11.9 Å². The number of amides is 2. The number of carbonyl (C=O) groups is 2. The lowest BCUT2D eigenvalue weighted by atomic mass is 10.1. The number of anilines is 2. The van der Waals surface area contributed by atoms with E-state index in [-0.39, 0.29) is 18.2 Å². The molecule has 3 aromatic rings. The molecule has 4 rings (SSSR count). The van der Waals surface area contributed by atoms with E-state index in [1.54, 1.807) is 11.1 Å². The van der Waals surface area contributed by atoms with Crippen molar-refractivity contribution in [2.75, 3.05) is 10.2 Å². The third-order valence-corrected chi connectivity index (χ3v) is 5.59. The van der Waals surface area contributed by atoms with Crippen molar-refractivity contribution in [3.8, 4) is 0 Å². The molecule has 0 aliphatic carbocycles. The summed E-state index contributed by atoms with van der Waals surface area (Å²) in [6.07, 6.45) is 1.57. The molecule has 1 fully saturated rings. The number of thiocarbonyl (C=S) groups is 1. The van der Waals surface area contributed by atoms with E-state index in [0.717, 1.165) is 11.3 Å². The van der Waals surface area contributed by atoms with Gasteiger partial charge >= 0.3 is 0 Å². The molecule has 2 aromatic carbocycles. The zero-order chi connectivity index (χ0) is 22.7. The van der Waals surface area contributed by atoms with E-state index in [4.69, 9.17) is 12.2 Å². The highest BCUT2D eigenvalue weighted by Gasteiger charge is 2.44. The minimum absolute atomic E-state index is 0.106. The summed E-state index contributed by atoms with van der Waals surface area (Å²) in [5.74, 6) is -1.03. The van der Waals surface area contributed by atoms with Crippen molar-refractivity contribution in [3.05, 3.63) is 90.0 Å². The maximum atomic E-state index is 13.4. The van der Waals surface area contributed by atoms with Crippen molar-refractivity contribution < 1.29 is 14.0 Å². The molecule has 1 N–H and O–H groups in total. The maximum absolute atomic E-state index is 13.4. The first-order chi connectivity index (χ1) is 15.4. The summed E-state index contributed by atoms with van der Waals surface area (Å²) in [6, 6.07) is 17.7. The van der Waals surface area contributed by atoms with Crippen molar-refractivity contribution in [1.29, 1.82) is 0 Å². The molecule has 1 aliphatic rings. The van der Waals surface area contributed by atoms with Gasteiger partial charge in [-0.1, -0.05) is 23.8 Å². The normalized spacial score (nSPS) is 15.9. The van der Waals surface area contributed by atoms with E-state index in [1.807, 2.05) is 49.4 Å². The van der Waals surface area contributed by atoms with Crippen molar-refractivity contribution in [3.63, 3.8) is 0 Å². The van der Waals surface area contributed by atoms with Crippen LogP contribution in [0, 0.1) is 12.7 Å². The molecule has 0 unspecified atom stereocenters. The summed E-state index contributed by atoms with van der Waals surface area (Å²) in [7, 11) is 0. The number of hydrogen-bond acceptors (Lipinski definition) is 4. The molecule has 1 saturated heterocycles. The molecule has 1 atom stereocenters. The van der Waals surface area contributed by atoms with Crippen LogP contribution in [0.25, 0.3) is 0 Å². The highest BCUT2D eigenvalue weighted by molar-refractivity contribution is 7.80. The molecular weight excluding hydrogens is 427 g/mol. The fourth-order valence-electron chi connectivity index (χ4n) is 3.53. The van der Waals surface area contributed by atoms with Gasteiger partial charge in [-0.3, -0.25) is 19.5 Å². The highest BCUT2D eigenvalue weighted by Crippen LogP contribution is 2.29. The summed E-state index contributed by atoms with van der Waals surface area (Å²) in [6.45, 7) is 2.26. The van der Waals surface area contributed by atoms with Crippen LogP contribution in [0.3, 0.4) is 0 Å². The summed E-state index contributed by atoms with van der Waals surface area (Å²) >= 11 is 5.66. The van der Waals surface area contributed by atoms with Crippen LogP contribution in [-0.2, 0) is 16.1 Å². The lowest BCUT2D eigenvalue weighted by Crippen LogP contribution is -2.37. The van der Waals surface area contributed by atoms with Gasteiger partial charge in [0.15, 0.2) is 5.11 Å². The van der Waals surface area contributed by atoms with Crippen LogP contribution in [0.5, 0.6) is 0 Å². The number of rotatable bonds is 6. The molecular formula is C24H21FN4O2S. The summed E-state index contributed by atoms with van der Waals surface area (Å²) in [4.78, 5) is 33.6. The fraction of sp³-hybridized carbons (Fsp3) is 0.167. The van der Waals surface area contributed by atoms with Gasteiger partial charge in [0.05, 0.1) is 24.3 Å². The summed E-state index contributed by atoms with van der Waals surface area (Å²) in [5, 5.41) is 3.04. The van der Waals surface area contributed by atoms with E-state index in [2.05, 4.69) is 10.3 Å². The van der Waals surface area contributed by atoms with Gasteiger partial charge in [-0.25, -0.2) is 4.39 Å². The van der Waals surface area contributed by atoms with Crippen molar-refractivity contribution in [1.82, 2.24) is 9.88 Å². The van der Waals surface area contributed by atoms with Crippen molar-refractivity contribution in [2.24, 2.45) is 0 Å². The number of aryl methyl sites for hydroxylation is 1. The average molecular weight is 449 g/mol. The molecule has 0 spiro atoms. The molecule has 2 heterocycles. The highest BCUT2D eigenvalue weighted by atomic mass is 32.1. The van der Waals surface area contributed by atoms with Gasteiger partial charge < -0.3 is 10.2 Å². The fourth-order valence-corrected chi connectivity index (χ4v) is 3.92. The second-order valence-electron chi connectivity index (χ2n) is 7.52. The second-order valence-corrected chi connectivity index (χ2v) is 7.88. The zero-order valence-electron chi connectivity index (χ0n) is 17.4. The largest absolute Gasteiger partial charge is 0.330 e. The molecule has 1 aliphatic heterocycles. The van der Waals surface area contributed by atoms with Crippen LogP contribution in [-0.4, -0.2) is 32.9 Å². The van der Waals surface area contributed by atoms with Crippen LogP contribution in [0.2, 0.25) is 0 Å². The van der Waals surface area contributed by atoms with Crippen LogP contribution < -0.4 is 10.2 Å². The monoisotopic (exact) mass is 448 g/mol. The van der Waals surface area contributed by atoms with E-state index >= 15 is 0 Å². The zero-order valence-corrected chi connectivity index (χ0v) is 18.2. The van der Waals surface area contributed by atoms with E-state index in [9.17, 15) is 14.0 Å². The Kier molecular flexibility index (Phi) is 6.23. The lowest BCUT2D eigenvalue weighted by Gasteiger charge is -2.23. The van der Waals surface area contributed by atoms with Crippen molar-refractivity contribution >= 4 is 40.5 Å². The number of benzene rings is 2. The van der Waals surface area contributed by atoms with Gasteiger partial charge in [0.1, 0.15) is 11.9 Å². The van der Waals surface area contributed by atoms with Gasteiger partial charge in [-0.15, -0.1) is 0 Å². The van der Waals surface area contributed by atoms with Crippen LogP contribution in [0.4, 0.5) is 15.8 Å². The number of carbonyl (C=O) groups excluding carboxylic acids is 2. The molecule has 0 radical (unpaired) electrons. The molecule has 32 heavy (non-hydrogen) atoms. The standard InChI is InChI=1S/C24H21FN4O2S/c1-16-5-11-20(12-6-16)29-23(31)21(14-22(30)27-18-9-7-17(25)8-10-18)28(24(29)32)15-19-4-2-3-13-26-19/h2-13,21H,14-15H2,1H3,(H,27,30)/t21-/m1/s1. The first-order valence-corrected chi connectivity index (χ1v) is 10.5. The Morgan fingerprint density at radius 2 is 1.81 bits per heavy atom. The molecule has 2 amide bonds. The Morgan fingerprint density at radius 1 is 1.09 bits per heavy atom. The summed E-state index contributed by atoms with van der Waals surface area (Å²) < 4.78 is 13.1. The summed E-state index contributed by atoms with van der Waals surface area (Å²) in [5.41, 5.74) is 2.90. The Balaban J connectivity index is 1.59. The number of nitrogens with zero attached hydrogens (tertiary/aromatic N) is 3. The Labute approximate surface area is 190 Å². The van der Waals surface area contributed by atoms with E-state index in [1.165, 1.54) is 29.2 Å². The van der Waals surface area contributed by atoms with Gasteiger partial charge in [0.2, 0.25) is 5.91 Å². The van der Waals surface area contributed by atoms with Crippen molar-refractivity contribution in [2.45, 2.75) is 25.9 Å². The predicted octanol–water partition coefficient (Wildman–Crippen LogP) is 4.06. The average Bonchev–Trinajstić information content (AvgIpc) is 3.01. The third-order valence-electron chi connectivity index (χ3n) is 5.18. The first kappa shape index (κ1) is 21.6. The van der Waals surface area contributed by atoms with E-state index in [0.29, 0.717) is 23.0 Å². The van der Waals surface area contributed by atoms with Gasteiger partial charge in [0.25, 0.3) is 5.91 Å². The second kappa shape index (κ2) is 9.23. The lowest BCUT2D eigenvalue weighted by molar-refractivity contribution is -0.124. The predicted molar refractivity (Wildman–Crippen MR) is 124 cm³/mol. The minimum Gasteiger partial charge on any atom is -0.330 e. The topological polar surface area (TPSA) is 65.5 Å². The Hall–Kier alpha value is -3.65.